The molecule has 186 valence electrons. The summed E-state index contributed by atoms with van der Waals surface area (Å²) in [6.45, 7) is 6.11. The zero-order valence-corrected chi connectivity index (χ0v) is 21.9. The first-order valence-corrected chi connectivity index (χ1v) is 14.4. The van der Waals surface area contributed by atoms with Crippen LogP contribution in [0.2, 0.25) is 0 Å². The molecule has 3 N–H and O–H groups in total. The summed E-state index contributed by atoms with van der Waals surface area (Å²) in [7, 11) is -3.59. The number of hydrogen-bond donors (Lipinski definition) is 3. The number of rotatable bonds is 10. The Hall–Kier alpha value is -2.52. The van der Waals surface area contributed by atoms with Crippen molar-refractivity contribution in [3.05, 3.63) is 70.6 Å². The Labute approximate surface area is 211 Å². The zero-order valence-electron chi connectivity index (χ0n) is 20.3. The van der Waals surface area contributed by atoms with Crippen molar-refractivity contribution in [3.63, 3.8) is 0 Å². The fourth-order valence-corrected chi connectivity index (χ4v) is 7.84. The van der Waals surface area contributed by atoms with E-state index >= 15 is 0 Å². The van der Waals surface area contributed by atoms with E-state index < -0.39 is 9.84 Å². The molecule has 4 rings (SSSR count). The highest BCUT2D eigenvalue weighted by molar-refractivity contribution is 7.93. The maximum absolute atomic E-state index is 13.3. The fourth-order valence-electron chi connectivity index (χ4n) is 5.42. The second-order valence-electron chi connectivity index (χ2n) is 9.27. The first kappa shape index (κ1) is 25.6. The van der Waals surface area contributed by atoms with E-state index in [0.29, 0.717) is 21.2 Å². The van der Waals surface area contributed by atoms with Gasteiger partial charge in [0.1, 0.15) is 4.21 Å². The second kappa shape index (κ2) is 10.2. The highest BCUT2D eigenvalue weighted by Crippen LogP contribution is 2.54. The Morgan fingerprint density at radius 3 is 2.29 bits per heavy atom. The van der Waals surface area contributed by atoms with E-state index in [-0.39, 0.29) is 11.5 Å². The predicted molar refractivity (Wildman–Crippen MR) is 140 cm³/mol. The molecule has 0 spiro atoms. The smallest absolute Gasteiger partial charge is 0.215 e. The van der Waals surface area contributed by atoms with E-state index in [2.05, 4.69) is 30.5 Å². The molecule has 6 nitrogen and oxygen atoms in total. The van der Waals surface area contributed by atoms with E-state index in [4.69, 9.17) is 0 Å². The van der Waals surface area contributed by atoms with Gasteiger partial charge in [0, 0.05) is 17.9 Å². The number of nitrogens with zero attached hydrogens (tertiary/aromatic N) is 1. The normalized spacial score (nSPS) is 15.6. The van der Waals surface area contributed by atoms with Crippen LogP contribution in [0.15, 0.2) is 68.2 Å². The Kier molecular flexibility index (Phi) is 7.47. The van der Waals surface area contributed by atoms with E-state index in [9.17, 15) is 18.8 Å². The lowest BCUT2D eigenvalue weighted by molar-refractivity contribution is 0.135. The lowest BCUT2D eigenvalue weighted by Crippen LogP contribution is -2.27. The number of hydroxylamine groups is 1. The van der Waals surface area contributed by atoms with Gasteiger partial charge in [-0.2, -0.15) is 0 Å². The van der Waals surface area contributed by atoms with Gasteiger partial charge in [-0.1, -0.05) is 56.1 Å². The third-order valence-electron chi connectivity index (χ3n) is 6.93. The number of sulfone groups is 1. The van der Waals surface area contributed by atoms with Gasteiger partial charge in [0.2, 0.25) is 9.84 Å². The van der Waals surface area contributed by atoms with Gasteiger partial charge < -0.3 is 10.4 Å². The molecule has 0 saturated heterocycles. The summed E-state index contributed by atoms with van der Waals surface area (Å²) in [6.07, 6.45) is 4.01. The van der Waals surface area contributed by atoms with Gasteiger partial charge in [-0.3, -0.25) is 0 Å². The van der Waals surface area contributed by atoms with Gasteiger partial charge in [0.15, 0.2) is 0 Å². The minimum atomic E-state index is -3.59. The van der Waals surface area contributed by atoms with Crippen molar-refractivity contribution in [3.8, 4) is 11.1 Å². The van der Waals surface area contributed by atoms with Gasteiger partial charge in [-0.15, -0.1) is 11.3 Å². The number of benzene rings is 2. The van der Waals surface area contributed by atoms with E-state index in [0.717, 1.165) is 53.5 Å². The van der Waals surface area contributed by atoms with Crippen LogP contribution in [0.25, 0.3) is 11.1 Å². The summed E-state index contributed by atoms with van der Waals surface area (Å²) in [5, 5.41) is 24.3. The Balaban J connectivity index is 1.90. The van der Waals surface area contributed by atoms with E-state index in [1.165, 1.54) is 11.3 Å². The summed E-state index contributed by atoms with van der Waals surface area (Å²) < 4.78 is 27.0. The Morgan fingerprint density at radius 1 is 1.06 bits per heavy atom. The Morgan fingerprint density at radius 2 is 1.71 bits per heavy atom. The van der Waals surface area contributed by atoms with Crippen LogP contribution < -0.4 is 5.48 Å². The number of fused-ring (bicyclic) bond motifs is 3. The minimum Gasteiger partial charge on any atom is -0.411 e. The molecule has 0 bridgehead atoms. The molecule has 35 heavy (non-hydrogen) atoms. The number of oxime groups is 1. The van der Waals surface area contributed by atoms with Crippen molar-refractivity contribution in [2.75, 3.05) is 0 Å². The fraction of sp³-hybridized carbons (Fsp3) is 0.370. The quantitative estimate of drug-likeness (QED) is 0.166. The molecular weight excluding hydrogens is 480 g/mol. The van der Waals surface area contributed by atoms with Crippen LogP contribution in [0.3, 0.4) is 0 Å². The van der Waals surface area contributed by atoms with Crippen LogP contribution in [-0.4, -0.2) is 30.6 Å². The average molecular weight is 513 g/mol. The largest absolute Gasteiger partial charge is 0.411 e. The highest BCUT2D eigenvalue weighted by atomic mass is 32.2. The summed E-state index contributed by atoms with van der Waals surface area (Å²) in [6, 6.07) is 14.8. The molecule has 1 unspecified atom stereocenters. The summed E-state index contributed by atoms with van der Waals surface area (Å²) >= 11 is 1.23. The summed E-state index contributed by atoms with van der Waals surface area (Å²) in [5.74, 6) is 0. The van der Waals surface area contributed by atoms with Gasteiger partial charge in [0.05, 0.1) is 10.6 Å². The zero-order chi connectivity index (χ0) is 25.2. The van der Waals surface area contributed by atoms with Gasteiger partial charge in [-0.05, 0) is 77.2 Å². The van der Waals surface area contributed by atoms with Gasteiger partial charge in [-0.25, -0.2) is 13.9 Å². The topological polar surface area (TPSA) is 99.0 Å². The third-order valence-corrected chi connectivity index (χ3v) is 10.1. The molecule has 0 aliphatic heterocycles. The minimum absolute atomic E-state index is 0.271. The molecule has 2 aromatic carbocycles. The van der Waals surface area contributed by atoms with Crippen molar-refractivity contribution >= 4 is 26.9 Å². The van der Waals surface area contributed by atoms with Gasteiger partial charge >= 0.3 is 0 Å². The molecule has 3 aromatic rings. The number of thiophene rings is 1. The molecule has 0 saturated carbocycles. The molecule has 8 heteroatoms. The third kappa shape index (κ3) is 4.44. The van der Waals surface area contributed by atoms with E-state index in [1.54, 1.807) is 23.6 Å². The summed E-state index contributed by atoms with van der Waals surface area (Å²) in [4.78, 5) is 0.323. The van der Waals surface area contributed by atoms with Crippen LogP contribution in [0, 0.1) is 0 Å². The molecule has 1 heterocycles. The van der Waals surface area contributed by atoms with Crippen LogP contribution in [0.5, 0.6) is 0 Å². The highest BCUT2D eigenvalue weighted by Gasteiger charge is 2.43. The van der Waals surface area contributed by atoms with Crippen molar-refractivity contribution in [2.24, 2.45) is 5.16 Å². The molecule has 1 aliphatic carbocycles. The van der Waals surface area contributed by atoms with Crippen LogP contribution in [-0.2, 0) is 15.3 Å². The Bertz CT molecular complexity index is 1330. The second-order valence-corrected chi connectivity index (χ2v) is 12.4. The lowest BCUT2D eigenvalue weighted by atomic mass is 9.71. The number of nitrogens with one attached hydrogen (secondary N) is 1. The lowest BCUT2D eigenvalue weighted by Gasteiger charge is -2.32. The molecule has 1 aromatic heterocycles. The SMILES string of the molecule is CCCC1(CCC)c2cc(/C(CC(C)NO)=N/O)ccc2-c2ccc(S(=O)(=O)c3cccs3)cc21. The maximum atomic E-state index is 13.3. The molecule has 0 radical (unpaired) electrons. The molecule has 1 atom stereocenters. The monoisotopic (exact) mass is 512 g/mol. The van der Waals surface area contributed by atoms with Crippen molar-refractivity contribution in [2.45, 2.75) is 73.4 Å². The van der Waals surface area contributed by atoms with Crippen LogP contribution in [0.1, 0.15) is 69.6 Å². The molecule has 0 fully saturated rings. The maximum Gasteiger partial charge on any atom is 0.215 e. The molecular formula is C27H32N2O4S2. The molecule has 0 amide bonds. The van der Waals surface area contributed by atoms with E-state index in [1.807, 2.05) is 31.2 Å². The van der Waals surface area contributed by atoms with Crippen molar-refractivity contribution in [1.29, 1.82) is 0 Å². The molecule has 1 aliphatic rings. The number of hydrogen-bond acceptors (Lipinski definition) is 7. The first-order valence-electron chi connectivity index (χ1n) is 12.0. The first-order chi connectivity index (χ1) is 16.8. The van der Waals surface area contributed by atoms with Crippen LogP contribution in [0.4, 0.5) is 0 Å². The van der Waals surface area contributed by atoms with Gasteiger partial charge in [0.25, 0.3) is 0 Å². The van der Waals surface area contributed by atoms with Crippen LogP contribution >= 0.6 is 11.3 Å². The van der Waals surface area contributed by atoms with Crippen molar-refractivity contribution < 1.29 is 18.8 Å². The predicted octanol–water partition coefficient (Wildman–Crippen LogP) is 6.38. The summed E-state index contributed by atoms with van der Waals surface area (Å²) in [5.41, 5.74) is 7.52. The standard InChI is InChI=1S/C27H32N2O4S2/c1-4-12-27(13-5-2)23-16-19(25(29-31)15-18(3)28-30)8-10-21(23)22-11-9-20(17-24(22)27)35(32,33)26-7-6-14-34-26/h6-11,14,16-18,28,30-31H,4-5,12-13,15H2,1-3H3/b29-25+. The van der Waals surface area contributed by atoms with Crippen molar-refractivity contribution in [1.82, 2.24) is 5.48 Å². The average Bonchev–Trinajstić information content (AvgIpc) is 3.49.